The van der Waals surface area contributed by atoms with Crippen LogP contribution in [-0.2, 0) is 4.79 Å². The molecule has 2 N–H and O–H groups in total. The Labute approximate surface area is 145 Å². The summed E-state index contributed by atoms with van der Waals surface area (Å²) in [5, 5.41) is 5.25. The van der Waals surface area contributed by atoms with Gasteiger partial charge < -0.3 is 20.1 Å². The molecule has 26 heavy (non-hydrogen) atoms. The molecule has 2 aromatic carbocycles. The number of benzene rings is 2. The van der Waals surface area contributed by atoms with Gasteiger partial charge in [0, 0.05) is 11.3 Å². The van der Waals surface area contributed by atoms with E-state index in [0.29, 0.717) is 17.1 Å². The number of hydrogen-bond acceptors (Lipinski definition) is 4. The third kappa shape index (κ3) is 4.05. The third-order valence-corrected chi connectivity index (χ3v) is 3.52. The molecule has 0 unspecified atom stereocenters. The Hall–Kier alpha value is -3.23. The molecule has 1 atom stereocenters. The maximum Gasteiger partial charge on any atom is 0.573 e. The van der Waals surface area contributed by atoms with Gasteiger partial charge in [0.15, 0.2) is 6.10 Å². The Balaban J connectivity index is 1.70. The molecule has 0 radical (unpaired) electrons. The molecule has 0 saturated heterocycles. The van der Waals surface area contributed by atoms with Gasteiger partial charge in [0.1, 0.15) is 11.5 Å². The number of alkyl halides is 3. The van der Waals surface area contributed by atoms with Gasteiger partial charge in [0.2, 0.25) is 0 Å². The summed E-state index contributed by atoms with van der Waals surface area (Å²) in [5.41, 5.74) is 0.953. The fourth-order valence-electron chi connectivity index (χ4n) is 2.30. The standard InChI is InChI=1S/C17H13F3N2O4/c1-9-15(23)22-13-8-11(4-7-14(13)25-9)21-16(24)10-2-5-12(6-3-10)26-17(18,19)20/h2-9H,1H3,(H,21,24)(H,22,23)/t9-/m1/s1. The second kappa shape index (κ2) is 6.58. The first-order valence-electron chi connectivity index (χ1n) is 7.50. The first-order chi connectivity index (χ1) is 12.2. The number of ether oxygens (including phenoxy) is 2. The maximum absolute atomic E-state index is 12.2. The number of rotatable bonds is 3. The number of carbonyl (C=O) groups excluding carboxylic acids is 2. The maximum atomic E-state index is 12.2. The monoisotopic (exact) mass is 366 g/mol. The molecular formula is C17H13F3N2O4. The van der Waals surface area contributed by atoms with E-state index in [9.17, 15) is 22.8 Å². The minimum Gasteiger partial charge on any atom is -0.479 e. The molecule has 0 bridgehead atoms. The highest BCUT2D eigenvalue weighted by Crippen LogP contribution is 2.32. The van der Waals surface area contributed by atoms with Crippen LogP contribution >= 0.6 is 0 Å². The summed E-state index contributed by atoms with van der Waals surface area (Å²) in [6.07, 6.45) is -5.41. The quantitative estimate of drug-likeness (QED) is 0.871. The summed E-state index contributed by atoms with van der Waals surface area (Å²) in [4.78, 5) is 23.8. The van der Waals surface area contributed by atoms with E-state index in [1.807, 2.05) is 0 Å². The molecule has 2 amide bonds. The molecule has 2 aromatic rings. The van der Waals surface area contributed by atoms with E-state index in [2.05, 4.69) is 15.4 Å². The lowest BCUT2D eigenvalue weighted by Gasteiger charge is -2.23. The van der Waals surface area contributed by atoms with Crippen molar-refractivity contribution < 1.29 is 32.2 Å². The fourth-order valence-corrected chi connectivity index (χ4v) is 2.30. The van der Waals surface area contributed by atoms with Gasteiger partial charge >= 0.3 is 6.36 Å². The lowest BCUT2D eigenvalue weighted by molar-refractivity contribution is -0.274. The minimum absolute atomic E-state index is 0.145. The topological polar surface area (TPSA) is 76.7 Å². The fraction of sp³-hybridized carbons (Fsp3) is 0.176. The van der Waals surface area contributed by atoms with Crippen LogP contribution in [0.4, 0.5) is 24.5 Å². The number of fused-ring (bicyclic) bond motifs is 1. The van der Waals surface area contributed by atoms with E-state index in [-0.39, 0.29) is 11.5 Å². The van der Waals surface area contributed by atoms with Gasteiger partial charge in [-0.25, -0.2) is 0 Å². The van der Waals surface area contributed by atoms with Crippen LogP contribution in [0.5, 0.6) is 11.5 Å². The van der Waals surface area contributed by atoms with Gasteiger partial charge in [-0.3, -0.25) is 9.59 Å². The summed E-state index contributed by atoms with van der Waals surface area (Å²) >= 11 is 0. The highest BCUT2D eigenvalue weighted by molar-refractivity contribution is 6.05. The van der Waals surface area contributed by atoms with Crippen molar-refractivity contribution in [3.63, 3.8) is 0 Å². The Bertz CT molecular complexity index is 850. The summed E-state index contributed by atoms with van der Waals surface area (Å²) < 4.78 is 45.6. The Morgan fingerprint density at radius 1 is 1.19 bits per heavy atom. The van der Waals surface area contributed by atoms with Crippen molar-refractivity contribution >= 4 is 23.2 Å². The number of carbonyl (C=O) groups is 2. The van der Waals surface area contributed by atoms with Crippen LogP contribution in [-0.4, -0.2) is 24.3 Å². The smallest absolute Gasteiger partial charge is 0.479 e. The van der Waals surface area contributed by atoms with Gasteiger partial charge in [0.05, 0.1) is 5.69 Å². The van der Waals surface area contributed by atoms with E-state index in [1.54, 1.807) is 19.1 Å². The average Bonchev–Trinajstić information content (AvgIpc) is 2.55. The largest absolute Gasteiger partial charge is 0.573 e. The molecule has 6 nitrogen and oxygen atoms in total. The average molecular weight is 366 g/mol. The Morgan fingerprint density at radius 3 is 2.54 bits per heavy atom. The van der Waals surface area contributed by atoms with Crippen molar-refractivity contribution in [2.45, 2.75) is 19.4 Å². The van der Waals surface area contributed by atoms with Crippen LogP contribution in [0.25, 0.3) is 0 Å². The number of halogens is 3. The Morgan fingerprint density at radius 2 is 1.88 bits per heavy atom. The number of nitrogens with one attached hydrogen (secondary N) is 2. The van der Waals surface area contributed by atoms with Gasteiger partial charge in [-0.1, -0.05) is 0 Å². The lowest BCUT2D eigenvalue weighted by atomic mass is 10.1. The second-order valence-corrected chi connectivity index (χ2v) is 5.49. The van der Waals surface area contributed by atoms with Crippen molar-refractivity contribution in [3.8, 4) is 11.5 Å². The first kappa shape index (κ1) is 17.6. The molecule has 0 fully saturated rings. The summed E-state index contributed by atoms with van der Waals surface area (Å²) in [6.45, 7) is 1.61. The summed E-state index contributed by atoms with van der Waals surface area (Å²) in [5.74, 6) is -0.776. The predicted molar refractivity (Wildman–Crippen MR) is 86.2 cm³/mol. The normalized spacial score (nSPS) is 16.2. The molecule has 3 rings (SSSR count). The third-order valence-electron chi connectivity index (χ3n) is 3.52. The van der Waals surface area contributed by atoms with E-state index < -0.39 is 24.1 Å². The van der Waals surface area contributed by atoms with Crippen LogP contribution in [0, 0.1) is 0 Å². The molecule has 0 spiro atoms. The molecular weight excluding hydrogens is 353 g/mol. The van der Waals surface area contributed by atoms with Crippen LogP contribution in [0.1, 0.15) is 17.3 Å². The molecule has 0 aliphatic carbocycles. The van der Waals surface area contributed by atoms with Gasteiger partial charge in [-0.15, -0.1) is 13.2 Å². The molecule has 136 valence electrons. The van der Waals surface area contributed by atoms with E-state index in [0.717, 1.165) is 12.1 Å². The van der Waals surface area contributed by atoms with Crippen molar-refractivity contribution in [2.75, 3.05) is 10.6 Å². The highest BCUT2D eigenvalue weighted by Gasteiger charge is 2.31. The second-order valence-electron chi connectivity index (χ2n) is 5.49. The lowest BCUT2D eigenvalue weighted by Crippen LogP contribution is -2.34. The SMILES string of the molecule is C[C@H]1Oc2ccc(NC(=O)c3ccc(OC(F)(F)F)cc3)cc2NC1=O. The molecule has 1 aliphatic heterocycles. The van der Waals surface area contributed by atoms with Crippen LogP contribution in [0.15, 0.2) is 42.5 Å². The molecule has 1 heterocycles. The zero-order chi connectivity index (χ0) is 18.9. The minimum atomic E-state index is -4.79. The van der Waals surface area contributed by atoms with Crippen molar-refractivity contribution in [1.29, 1.82) is 0 Å². The molecule has 9 heteroatoms. The zero-order valence-electron chi connectivity index (χ0n) is 13.4. The summed E-state index contributed by atoms with van der Waals surface area (Å²) in [6, 6.07) is 9.22. The molecule has 0 aromatic heterocycles. The van der Waals surface area contributed by atoms with Gasteiger partial charge in [-0.05, 0) is 49.4 Å². The van der Waals surface area contributed by atoms with Crippen LogP contribution in [0.3, 0.4) is 0 Å². The van der Waals surface area contributed by atoms with E-state index in [4.69, 9.17) is 4.74 Å². The number of hydrogen-bond donors (Lipinski definition) is 2. The summed E-state index contributed by atoms with van der Waals surface area (Å²) in [7, 11) is 0. The molecule has 1 aliphatic rings. The van der Waals surface area contributed by atoms with Gasteiger partial charge in [-0.2, -0.15) is 0 Å². The van der Waals surface area contributed by atoms with E-state index >= 15 is 0 Å². The number of amides is 2. The van der Waals surface area contributed by atoms with Crippen molar-refractivity contribution in [2.24, 2.45) is 0 Å². The zero-order valence-corrected chi connectivity index (χ0v) is 13.4. The van der Waals surface area contributed by atoms with Crippen LogP contribution < -0.4 is 20.1 Å². The highest BCUT2D eigenvalue weighted by atomic mass is 19.4. The van der Waals surface area contributed by atoms with Gasteiger partial charge in [0.25, 0.3) is 11.8 Å². The van der Waals surface area contributed by atoms with Crippen LogP contribution in [0.2, 0.25) is 0 Å². The number of anilines is 2. The van der Waals surface area contributed by atoms with E-state index in [1.165, 1.54) is 18.2 Å². The predicted octanol–water partition coefficient (Wildman–Crippen LogP) is 3.56. The van der Waals surface area contributed by atoms with Crippen molar-refractivity contribution in [1.82, 2.24) is 0 Å². The molecule has 0 saturated carbocycles. The Kier molecular flexibility index (Phi) is 4.45. The first-order valence-corrected chi connectivity index (χ1v) is 7.50. The van der Waals surface area contributed by atoms with Crippen molar-refractivity contribution in [3.05, 3.63) is 48.0 Å².